The van der Waals surface area contributed by atoms with E-state index >= 15 is 0 Å². The summed E-state index contributed by atoms with van der Waals surface area (Å²) in [5.74, 6) is -1.19. The largest absolute Gasteiger partial charge is 0.481 e. The molecule has 1 aliphatic carbocycles. The molecule has 1 amide bonds. The van der Waals surface area contributed by atoms with E-state index in [0.717, 1.165) is 19.3 Å². The van der Waals surface area contributed by atoms with Crippen LogP contribution in [0.25, 0.3) is 0 Å². The number of hydrogen-bond donors (Lipinski definition) is 3. The molecule has 1 rings (SSSR count). The summed E-state index contributed by atoms with van der Waals surface area (Å²) in [6.45, 7) is 0.544. The number of nitrogens with zero attached hydrogens (tertiary/aromatic N) is 1. The van der Waals surface area contributed by atoms with E-state index < -0.39 is 5.97 Å². The van der Waals surface area contributed by atoms with Crippen LogP contribution in [0, 0.1) is 17.2 Å². The first-order chi connectivity index (χ1) is 8.63. The molecular formula is C12H19N3O3. The van der Waals surface area contributed by atoms with Gasteiger partial charge in [-0.15, -0.1) is 0 Å². The van der Waals surface area contributed by atoms with Crippen molar-refractivity contribution in [3.8, 4) is 6.07 Å². The summed E-state index contributed by atoms with van der Waals surface area (Å²) in [5.41, 5.74) is 0. The molecule has 0 radical (unpaired) electrons. The molecule has 0 spiro atoms. The van der Waals surface area contributed by atoms with Crippen molar-refractivity contribution in [2.45, 2.75) is 38.1 Å². The molecule has 6 heteroatoms. The first-order valence-electron chi connectivity index (χ1n) is 6.23. The highest BCUT2D eigenvalue weighted by molar-refractivity contribution is 5.78. The maximum atomic E-state index is 11.4. The fraction of sp³-hybridized carbons (Fsp3) is 0.750. The normalized spacial score (nSPS) is 23.1. The Labute approximate surface area is 106 Å². The van der Waals surface area contributed by atoms with Crippen molar-refractivity contribution in [2.24, 2.45) is 5.92 Å². The van der Waals surface area contributed by atoms with Crippen LogP contribution in [-0.4, -0.2) is 36.1 Å². The third-order valence-electron chi connectivity index (χ3n) is 3.13. The molecular weight excluding hydrogens is 234 g/mol. The molecule has 1 fully saturated rings. The van der Waals surface area contributed by atoms with Gasteiger partial charge in [-0.1, -0.05) is 6.42 Å². The minimum atomic E-state index is -0.750. The first-order valence-corrected chi connectivity index (χ1v) is 6.23. The Morgan fingerprint density at radius 2 is 2.17 bits per heavy atom. The topological polar surface area (TPSA) is 102 Å². The molecule has 0 aromatic heterocycles. The Bertz CT molecular complexity index is 338. The fourth-order valence-electron chi connectivity index (χ4n) is 2.16. The molecule has 2 atom stereocenters. The van der Waals surface area contributed by atoms with Crippen LogP contribution in [0.15, 0.2) is 0 Å². The van der Waals surface area contributed by atoms with Crippen LogP contribution in [0.4, 0.5) is 0 Å². The van der Waals surface area contributed by atoms with Crippen LogP contribution >= 0.6 is 0 Å². The summed E-state index contributed by atoms with van der Waals surface area (Å²) in [6, 6.07) is 2.05. The molecule has 1 saturated carbocycles. The van der Waals surface area contributed by atoms with Gasteiger partial charge in [-0.05, 0) is 19.3 Å². The highest BCUT2D eigenvalue weighted by Gasteiger charge is 2.26. The van der Waals surface area contributed by atoms with Crippen molar-refractivity contribution < 1.29 is 14.7 Å². The predicted molar refractivity (Wildman–Crippen MR) is 64.6 cm³/mol. The van der Waals surface area contributed by atoms with E-state index in [2.05, 4.69) is 10.6 Å². The molecule has 3 N–H and O–H groups in total. The van der Waals surface area contributed by atoms with Crippen molar-refractivity contribution in [1.82, 2.24) is 10.6 Å². The molecule has 0 aromatic carbocycles. The molecule has 0 aliphatic heterocycles. The number of aliphatic carboxylic acids is 1. The Kier molecular flexibility index (Phi) is 6.15. The van der Waals surface area contributed by atoms with Crippen LogP contribution in [-0.2, 0) is 9.59 Å². The minimum Gasteiger partial charge on any atom is -0.481 e. The second-order valence-corrected chi connectivity index (χ2v) is 4.54. The summed E-state index contributed by atoms with van der Waals surface area (Å²) in [7, 11) is 0. The van der Waals surface area contributed by atoms with Gasteiger partial charge in [-0.25, -0.2) is 0 Å². The molecule has 2 unspecified atom stereocenters. The number of nitrogens with one attached hydrogen (secondary N) is 2. The predicted octanol–water partition coefficient (Wildman–Crippen LogP) is 0.249. The second-order valence-electron chi connectivity index (χ2n) is 4.54. The van der Waals surface area contributed by atoms with E-state index in [4.69, 9.17) is 10.4 Å². The van der Waals surface area contributed by atoms with E-state index in [0.29, 0.717) is 19.4 Å². The fourth-order valence-corrected chi connectivity index (χ4v) is 2.16. The summed E-state index contributed by atoms with van der Waals surface area (Å²) in [4.78, 5) is 22.3. The quantitative estimate of drug-likeness (QED) is 0.589. The van der Waals surface area contributed by atoms with Crippen molar-refractivity contribution in [1.29, 1.82) is 5.26 Å². The smallest absolute Gasteiger partial charge is 0.306 e. The number of carbonyl (C=O) groups excluding carboxylic acids is 1. The lowest BCUT2D eigenvalue weighted by atomic mass is 9.86. The Balaban J connectivity index is 2.20. The first kappa shape index (κ1) is 14.5. The van der Waals surface area contributed by atoms with E-state index in [1.165, 1.54) is 0 Å². The van der Waals surface area contributed by atoms with Crippen LogP contribution in [0.2, 0.25) is 0 Å². The molecule has 1 aliphatic rings. The number of carbonyl (C=O) groups is 2. The number of amides is 1. The van der Waals surface area contributed by atoms with Gasteiger partial charge in [0.15, 0.2) is 0 Å². The summed E-state index contributed by atoms with van der Waals surface area (Å²) < 4.78 is 0. The maximum Gasteiger partial charge on any atom is 0.306 e. The zero-order chi connectivity index (χ0) is 13.4. The van der Waals surface area contributed by atoms with Gasteiger partial charge in [0.1, 0.15) is 0 Å². The average Bonchev–Trinajstić information content (AvgIpc) is 2.37. The van der Waals surface area contributed by atoms with Gasteiger partial charge >= 0.3 is 5.97 Å². The Hall–Kier alpha value is -1.61. The van der Waals surface area contributed by atoms with Crippen LogP contribution < -0.4 is 10.6 Å². The van der Waals surface area contributed by atoms with Gasteiger partial charge in [0.25, 0.3) is 0 Å². The lowest BCUT2D eigenvalue weighted by molar-refractivity contribution is -0.143. The average molecular weight is 253 g/mol. The highest BCUT2D eigenvalue weighted by atomic mass is 16.4. The number of hydrogen-bond acceptors (Lipinski definition) is 4. The summed E-state index contributed by atoms with van der Waals surface area (Å²) >= 11 is 0. The van der Waals surface area contributed by atoms with Crippen molar-refractivity contribution in [2.75, 3.05) is 13.1 Å². The van der Waals surface area contributed by atoms with Gasteiger partial charge in [-0.3, -0.25) is 9.59 Å². The standard InChI is InChI=1S/C12H19N3O3/c13-5-2-6-14-11(16)8-15-10-4-1-3-9(7-10)12(17)18/h9-10,15H,1-4,6-8H2,(H,14,16)(H,17,18). The SMILES string of the molecule is N#CCCNC(=O)CNC1CCCC(C(=O)O)C1. The van der Waals surface area contributed by atoms with E-state index in [-0.39, 0.29) is 24.4 Å². The van der Waals surface area contributed by atoms with Gasteiger partial charge in [0, 0.05) is 12.6 Å². The van der Waals surface area contributed by atoms with Crippen LogP contribution in [0.3, 0.4) is 0 Å². The van der Waals surface area contributed by atoms with E-state index in [1.807, 2.05) is 6.07 Å². The van der Waals surface area contributed by atoms with Crippen molar-refractivity contribution in [3.05, 3.63) is 0 Å². The highest BCUT2D eigenvalue weighted by Crippen LogP contribution is 2.24. The van der Waals surface area contributed by atoms with E-state index in [9.17, 15) is 9.59 Å². The maximum absolute atomic E-state index is 11.4. The van der Waals surface area contributed by atoms with Crippen molar-refractivity contribution in [3.63, 3.8) is 0 Å². The molecule has 0 heterocycles. The molecule has 0 aromatic rings. The zero-order valence-corrected chi connectivity index (χ0v) is 10.3. The number of rotatable bonds is 6. The Morgan fingerprint density at radius 3 is 2.83 bits per heavy atom. The summed E-state index contributed by atoms with van der Waals surface area (Å²) in [5, 5.41) is 23.0. The van der Waals surface area contributed by atoms with E-state index in [1.54, 1.807) is 0 Å². The lowest BCUT2D eigenvalue weighted by Gasteiger charge is -2.27. The minimum absolute atomic E-state index is 0.0987. The Morgan fingerprint density at radius 1 is 1.39 bits per heavy atom. The zero-order valence-electron chi connectivity index (χ0n) is 10.3. The van der Waals surface area contributed by atoms with Gasteiger partial charge in [-0.2, -0.15) is 5.26 Å². The molecule has 6 nitrogen and oxygen atoms in total. The van der Waals surface area contributed by atoms with Gasteiger partial charge < -0.3 is 15.7 Å². The summed E-state index contributed by atoms with van der Waals surface area (Å²) in [6.07, 6.45) is 3.40. The molecule has 18 heavy (non-hydrogen) atoms. The lowest BCUT2D eigenvalue weighted by Crippen LogP contribution is -2.42. The van der Waals surface area contributed by atoms with Crippen LogP contribution in [0.1, 0.15) is 32.1 Å². The van der Waals surface area contributed by atoms with Gasteiger partial charge in [0.2, 0.25) is 5.91 Å². The number of carboxylic acid groups (broad SMARTS) is 1. The number of carboxylic acids is 1. The number of nitriles is 1. The van der Waals surface area contributed by atoms with Crippen LogP contribution in [0.5, 0.6) is 0 Å². The molecule has 100 valence electrons. The molecule has 0 bridgehead atoms. The monoisotopic (exact) mass is 253 g/mol. The second kappa shape index (κ2) is 7.67. The van der Waals surface area contributed by atoms with Crippen molar-refractivity contribution >= 4 is 11.9 Å². The third-order valence-corrected chi connectivity index (χ3v) is 3.13. The van der Waals surface area contributed by atoms with Gasteiger partial charge in [0.05, 0.1) is 25.0 Å². The third kappa shape index (κ3) is 5.15. The molecule has 0 saturated heterocycles.